The quantitative estimate of drug-likeness (QED) is 0.775. The van der Waals surface area contributed by atoms with Crippen LogP contribution in [0.3, 0.4) is 0 Å². The SMILES string of the molecule is CC(C)(C)OC(=O)NCc1ccc(NC(=O)CCO)cc1. The number of hydrogen-bond acceptors (Lipinski definition) is 4. The lowest BCUT2D eigenvalue weighted by atomic mass is 10.2. The molecule has 1 aromatic rings. The molecule has 0 saturated carbocycles. The molecule has 0 atom stereocenters. The smallest absolute Gasteiger partial charge is 0.407 e. The number of benzene rings is 1. The van der Waals surface area contributed by atoms with E-state index in [1.807, 2.05) is 0 Å². The summed E-state index contributed by atoms with van der Waals surface area (Å²) in [6, 6.07) is 7.07. The van der Waals surface area contributed by atoms with Crippen molar-refractivity contribution in [1.82, 2.24) is 5.32 Å². The molecule has 0 aromatic heterocycles. The van der Waals surface area contributed by atoms with Crippen molar-refractivity contribution in [3.8, 4) is 0 Å². The van der Waals surface area contributed by atoms with E-state index in [1.165, 1.54) is 0 Å². The van der Waals surface area contributed by atoms with Crippen molar-refractivity contribution in [1.29, 1.82) is 0 Å². The minimum absolute atomic E-state index is 0.0714. The van der Waals surface area contributed by atoms with Crippen LogP contribution in [0.2, 0.25) is 0 Å². The Morgan fingerprint density at radius 2 is 1.81 bits per heavy atom. The number of aliphatic hydroxyl groups is 1. The van der Waals surface area contributed by atoms with Crippen molar-refractivity contribution < 1.29 is 19.4 Å². The van der Waals surface area contributed by atoms with Gasteiger partial charge in [-0.15, -0.1) is 0 Å². The van der Waals surface area contributed by atoms with E-state index in [2.05, 4.69) is 10.6 Å². The van der Waals surface area contributed by atoms with Gasteiger partial charge in [0.1, 0.15) is 5.60 Å². The molecule has 116 valence electrons. The highest BCUT2D eigenvalue weighted by Crippen LogP contribution is 2.10. The number of rotatable bonds is 5. The molecule has 0 saturated heterocycles. The van der Waals surface area contributed by atoms with Gasteiger partial charge in [0, 0.05) is 12.2 Å². The molecule has 1 aromatic carbocycles. The highest BCUT2D eigenvalue weighted by molar-refractivity contribution is 5.90. The Kier molecular flexibility index (Phi) is 6.17. The summed E-state index contributed by atoms with van der Waals surface area (Å²) in [5.41, 5.74) is 1.01. The Morgan fingerprint density at radius 3 is 2.33 bits per heavy atom. The molecule has 0 aliphatic heterocycles. The second kappa shape index (κ2) is 7.64. The maximum Gasteiger partial charge on any atom is 0.407 e. The summed E-state index contributed by atoms with van der Waals surface area (Å²) in [5.74, 6) is -0.239. The maximum atomic E-state index is 11.5. The van der Waals surface area contributed by atoms with Crippen molar-refractivity contribution in [2.75, 3.05) is 11.9 Å². The zero-order chi connectivity index (χ0) is 15.9. The lowest BCUT2D eigenvalue weighted by molar-refractivity contribution is -0.116. The van der Waals surface area contributed by atoms with Crippen LogP contribution in [0.5, 0.6) is 0 Å². The number of alkyl carbamates (subject to hydrolysis) is 1. The second-order valence-corrected chi connectivity index (χ2v) is 5.57. The zero-order valence-corrected chi connectivity index (χ0v) is 12.6. The molecule has 21 heavy (non-hydrogen) atoms. The number of ether oxygens (including phenoxy) is 1. The number of amides is 2. The molecule has 0 spiro atoms. The summed E-state index contributed by atoms with van der Waals surface area (Å²) < 4.78 is 5.13. The van der Waals surface area contributed by atoms with E-state index in [0.717, 1.165) is 5.56 Å². The molecule has 1 rings (SSSR count). The lowest BCUT2D eigenvalue weighted by Gasteiger charge is -2.19. The van der Waals surface area contributed by atoms with Gasteiger partial charge in [-0.05, 0) is 38.5 Å². The van der Waals surface area contributed by atoms with Gasteiger partial charge in [0.15, 0.2) is 0 Å². The van der Waals surface area contributed by atoms with Crippen molar-refractivity contribution in [2.45, 2.75) is 39.3 Å². The number of carbonyl (C=O) groups excluding carboxylic acids is 2. The van der Waals surface area contributed by atoms with Crippen LogP contribution >= 0.6 is 0 Å². The molecule has 0 fully saturated rings. The van der Waals surface area contributed by atoms with E-state index < -0.39 is 11.7 Å². The number of nitrogens with one attached hydrogen (secondary N) is 2. The van der Waals surface area contributed by atoms with Crippen molar-refractivity contribution in [2.24, 2.45) is 0 Å². The van der Waals surface area contributed by atoms with E-state index in [4.69, 9.17) is 9.84 Å². The predicted molar refractivity (Wildman–Crippen MR) is 79.8 cm³/mol. The van der Waals surface area contributed by atoms with Crippen LogP contribution in [0.15, 0.2) is 24.3 Å². The van der Waals surface area contributed by atoms with Gasteiger partial charge < -0.3 is 20.5 Å². The predicted octanol–water partition coefficient (Wildman–Crippen LogP) is 2.03. The molecular weight excluding hydrogens is 272 g/mol. The van der Waals surface area contributed by atoms with Crippen LogP contribution in [0.4, 0.5) is 10.5 Å². The fourth-order valence-corrected chi connectivity index (χ4v) is 1.52. The van der Waals surface area contributed by atoms with Crippen LogP contribution < -0.4 is 10.6 Å². The van der Waals surface area contributed by atoms with Gasteiger partial charge in [-0.2, -0.15) is 0 Å². The molecular formula is C15H22N2O4. The summed E-state index contributed by atoms with van der Waals surface area (Å²) in [5, 5.41) is 14.0. The van der Waals surface area contributed by atoms with Gasteiger partial charge >= 0.3 is 6.09 Å². The normalized spacial score (nSPS) is 10.9. The molecule has 0 radical (unpaired) electrons. The highest BCUT2D eigenvalue weighted by atomic mass is 16.6. The number of aliphatic hydroxyl groups excluding tert-OH is 1. The molecule has 0 bridgehead atoms. The first-order valence-electron chi connectivity index (χ1n) is 6.76. The Morgan fingerprint density at radius 1 is 1.19 bits per heavy atom. The van der Waals surface area contributed by atoms with Crippen LogP contribution in [-0.4, -0.2) is 29.3 Å². The summed E-state index contributed by atoms with van der Waals surface area (Å²) in [6.45, 7) is 5.58. The monoisotopic (exact) mass is 294 g/mol. The Labute approximate surface area is 124 Å². The molecule has 0 aliphatic rings. The molecule has 0 unspecified atom stereocenters. The second-order valence-electron chi connectivity index (χ2n) is 5.57. The molecule has 2 amide bonds. The van der Waals surface area contributed by atoms with Crippen molar-refractivity contribution >= 4 is 17.7 Å². The number of carbonyl (C=O) groups is 2. The van der Waals surface area contributed by atoms with Gasteiger partial charge in [0.2, 0.25) is 5.91 Å². The maximum absolute atomic E-state index is 11.5. The van der Waals surface area contributed by atoms with Gasteiger partial charge in [-0.1, -0.05) is 12.1 Å². The number of hydrogen-bond donors (Lipinski definition) is 3. The molecule has 6 heteroatoms. The highest BCUT2D eigenvalue weighted by Gasteiger charge is 2.15. The third-order valence-electron chi connectivity index (χ3n) is 2.41. The van der Waals surface area contributed by atoms with Crippen molar-refractivity contribution in [3.05, 3.63) is 29.8 Å². The van der Waals surface area contributed by atoms with Crippen LogP contribution in [0, 0.1) is 0 Å². The summed E-state index contributed by atoms with van der Waals surface area (Å²) in [6.07, 6.45) is -0.398. The zero-order valence-electron chi connectivity index (χ0n) is 12.6. The van der Waals surface area contributed by atoms with Gasteiger partial charge in [-0.25, -0.2) is 4.79 Å². The first kappa shape index (κ1) is 17.0. The summed E-state index contributed by atoms with van der Waals surface area (Å²) in [7, 11) is 0. The van der Waals surface area contributed by atoms with E-state index in [0.29, 0.717) is 12.2 Å². The molecule has 3 N–H and O–H groups in total. The van der Waals surface area contributed by atoms with Crippen molar-refractivity contribution in [3.63, 3.8) is 0 Å². The average molecular weight is 294 g/mol. The van der Waals surface area contributed by atoms with Gasteiger partial charge in [0.05, 0.1) is 13.0 Å². The average Bonchev–Trinajstić information content (AvgIpc) is 2.36. The first-order valence-corrected chi connectivity index (χ1v) is 6.76. The fraction of sp³-hybridized carbons (Fsp3) is 0.467. The van der Waals surface area contributed by atoms with Crippen LogP contribution in [0.1, 0.15) is 32.8 Å². The summed E-state index contributed by atoms with van der Waals surface area (Å²) in [4.78, 5) is 22.8. The Bertz CT molecular complexity index is 477. The van der Waals surface area contributed by atoms with Crippen LogP contribution in [0.25, 0.3) is 0 Å². The Hall–Kier alpha value is -2.08. The van der Waals surface area contributed by atoms with Gasteiger partial charge in [-0.3, -0.25) is 4.79 Å². The van der Waals surface area contributed by atoms with E-state index in [9.17, 15) is 9.59 Å². The topological polar surface area (TPSA) is 87.7 Å². The summed E-state index contributed by atoms with van der Waals surface area (Å²) >= 11 is 0. The van der Waals surface area contributed by atoms with E-state index in [1.54, 1.807) is 45.0 Å². The largest absolute Gasteiger partial charge is 0.444 e. The molecule has 0 heterocycles. The minimum atomic E-state index is -0.523. The molecule has 0 aliphatic carbocycles. The third-order valence-corrected chi connectivity index (χ3v) is 2.41. The third kappa shape index (κ3) is 7.31. The first-order chi connectivity index (χ1) is 9.80. The lowest BCUT2D eigenvalue weighted by Crippen LogP contribution is -2.32. The van der Waals surface area contributed by atoms with Crippen LogP contribution in [-0.2, 0) is 16.1 Å². The number of anilines is 1. The standard InChI is InChI=1S/C15H22N2O4/c1-15(2,3)21-14(20)16-10-11-4-6-12(7-5-11)17-13(19)8-9-18/h4-7,18H,8-10H2,1-3H3,(H,16,20)(H,17,19). The fourth-order valence-electron chi connectivity index (χ4n) is 1.52. The Balaban J connectivity index is 2.44. The van der Waals surface area contributed by atoms with E-state index in [-0.39, 0.29) is 18.9 Å². The van der Waals surface area contributed by atoms with Gasteiger partial charge in [0.25, 0.3) is 0 Å². The van der Waals surface area contributed by atoms with E-state index >= 15 is 0 Å². The minimum Gasteiger partial charge on any atom is -0.444 e. The molecule has 6 nitrogen and oxygen atoms in total.